The lowest BCUT2D eigenvalue weighted by Gasteiger charge is -2.21. The van der Waals surface area contributed by atoms with Crippen LogP contribution in [0.3, 0.4) is 0 Å². The van der Waals surface area contributed by atoms with E-state index in [1.165, 1.54) is 0 Å². The summed E-state index contributed by atoms with van der Waals surface area (Å²) >= 11 is 0. The van der Waals surface area contributed by atoms with Crippen molar-refractivity contribution in [3.05, 3.63) is 34.9 Å². The molecule has 0 amide bonds. The molecule has 0 fully saturated rings. The van der Waals surface area contributed by atoms with Gasteiger partial charge in [-0.3, -0.25) is 0 Å². The molecule has 1 aromatic rings. The number of rotatable bonds is 2. The molecule has 1 atom stereocenters. The SMILES string of the molecule is Cl.N[C@@H](CC(F)(F)F)c1cc(C(F)(F)F)ccc1C(F)(F)F. The lowest BCUT2D eigenvalue weighted by Crippen LogP contribution is -2.24. The number of nitrogens with two attached hydrogens (primary N) is 1. The summed E-state index contributed by atoms with van der Waals surface area (Å²) in [5, 5.41) is 0. The van der Waals surface area contributed by atoms with Crippen LogP contribution in [0, 0.1) is 0 Å². The minimum absolute atomic E-state index is 0. The first-order valence-electron chi connectivity index (χ1n) is 5.32. The number of hydrogen-bond donors (Lipinski definition) is 1. The average molecular weight is 362 g/mol. The van der Waals surface area contributed by atoms with E-state index in [0.29, 0.717) is 0 Å². The van der Waals surface area contributed by atoms with Crippen molar-refractivity contribution in [1.29, 1.82) is 0 Å². The van der Waals surface area contributed by atoms with E-state index in [9.17, 15) is 39.5 Å². The number of alkyl halides is 9. The van der Waals surface area contributed by atoms with E-state index in [4.69, 9.17) is 5.73 Å². The number of hydrogen-bond acceptors (Lipinski definition) is 1. The second-order valence-electron chi connectivity index (χ2n) is 4.22. The molecule has 0 saturated carbocycles. The van der Waals surface area contributed by atoms with E-state index in [1.54, 1.807) is 0 Å². The zero-order valence-corrected chi connectivity index (χ0v) is 11.2. The largest absolute Gasteiger partial charge is 0.416 e. The topological polar surface area (TPSA) is 26.0 Å². The number of benzene rings is 1. The third-order valence-electron chi connectivity index (χ3n) is 2.54. The van der Waals surface area contributed by atoms with Crippen molar-refractivity contribution in [2.75, 3.05) is 0 Å². The van der Waals surface area contributed by atoms with Gasteiger partial charge in [-0.2, -0.15) is 39.5 Å². The highest BCUT2D eigenvalue weighted by Crippen LogP contribution is 2.40. The van der Waals surface area contributed by atoms with Gasteiger partial charge in [0.25, 0.3) is 0 Å². The van der Waals surface area contributed by atoms with Gasteiger partial charge >= 0.3 is 18.5 Å². The second kappa shape index (κ2) is 6.53. The van der Waals surface area contributed by atoms with Crippen LogP contribution >= 0.6 is 12.4 Å². The molecule has 128 valence electrons. The lowest BCUT2D eigenvalue weighted by molar-refractivity contribution is -0.146. The predicted molar refractivity (Wildman–Crippen MR) is 61.3 cm³/mol. The van der Waals surface area contributed by atoms with Gasteiger partial charge in [0.05, 0.1) is 17.5 Å². The van der Waals surface area contributed by atoms with Crippen LogP contribution in [0.1, 0.15) is 29.2 Å². The summed E-state index contributed by atoms with van der Waals surface area (Å²) in [7, 11) is 0. The fourth-order valence-corrected chi connectivity index (χ4v) is 1.66. The molecule has 0 aliphatic carbocycles. The van der Waals surface area contributed by atoms with Crippen LogP contribution in [-0.4, -0.2) is 6.18 Å². The quantitative estimate of drug-likeness (QED) is 0.729. The molecule has 11 heteroatoms. The molecule has 1 rings (SSSR count). The molecule has 0 unspecified atom stereocenters. The normalized spacial score (nSPS) is 14.5. The molecule has 1 nitrogen and oxygen atoms in total. The maximum atomic E-state index is 12.7. The van der Waals surface area contributed by atoms with Crippen molar-refractivity contribution in [1.82, 2.24) is 0 Å². The summed E-state index contributed by atoms with van der Waals surface area (Å²) in [6.07, 6.45) is -16.9. The molecule has 0 spiro atoms. The minimum atomic E-state index is -5.11. The molecule has 22 heavy (non-hydrogen) atoms. The van der Waals surface area contributed by atoms with E-state index in [-0.39, 0.29) is 30.6 Å². The Morgan fingerprint density at radius 2 is 1.36 bits per heavy atom. The van der Waals surface area contributed by atoms with Crippen LogP contribution in [0.25, 0.3) is 0 Å². The Bertz CT molecular complexity index is 504. The molecule has 0 aliphatic rings. The first-order valence-corrected chi connectivity index (χ1v) is 5.32. The van der Waals surface area contributed by atoms with E-state index < -0.39 is 47.7 Å². The van der Waals surface area contributed by atoms with Crippen LogP contribution in [0.4, 0.5) is 39.5 Å². The van der Waals surface area contributed by atoms with E-state index in [2.05, 4.69) is 0 Å². The Hall–Kier alpha value is -1.16. The molecule has 1 aromatic carbocycles. The average Bonchev–Trinajstić information content (AvgIpc) is 2.23. The first-order chi connectivity index (χ1) is 9.22. The van der Waals surface area contributed by atoms with Crippen molar-refractivity contribution in [3.63, 3.8) is 0 Å². The highest BCUT2D eigenvalue weighted by Gasteiger charge is 2.40. The van der Waals surface area contributed by atoms with Gasteiger partial charge in [-0.25, -0.2) is 0 Å². The Kier molecular flexibility index (Phi) is 6.19. The fraction of sp³-hybridized carbons (Fsp3) is 0.455. The summed E-state index contributed by atoms with van der Waals surface area (Å²) in [4.78, 5) is 0. The van der Waals surface area contributed by atoms with Gasteiger partial charge in [0.15, 0.2) is 0 Å². The van der Waals surface area contributed by atoms with Crippen LogP contribution < -0.4 is 5.73 Å². The van der Waals surface area contributed by atoms with Crippen LogP contribution in [0.2, 0.25) is 0 Å². The molecular formula is C11H9ClF9N. The smallest absolute Gasteiger partial charge is 0.324 e. The molecule has 0 aromatic heterocycles. The zero-order chi connectivity index (χ0) is 16.6. The highest BCUT2D eigenvalue weighted by atomic mass is 35.5. The standard InChI is InChI=1S/C11H8F9N.ClH/c12-9(13,14)4-8(21)6-3-5(10(15,16)17)1-2-7(6)11(18,19)20;/h1-3,8H,4,21H2;1H/t8-;/m0./s1. The van der Waals surface area contributed by atoms with Crippen LogP contribution in [0.5, 0.6) is 0 Å². The molecule has 0 bridgehead atoms. The summed E-state index contributed by atoms with van der Waals surface area (Å²) in [6.45, 7) is 0. The van der Waals surface area contributed by atoms with E-state index in [0.717, 1.165) is 0 Å². The fourth-order valence-electron chi connectivity index (χ4n) is 1.66. The van der Waals surface area contributed by atoms with Gasteiger partial charge in [0, 0.05) is 6.04 Å². The van der Waals surface area contributed by atoms with Gasteiger partial charge < -0.3 is 5.73 Å². The van der Waals surface area contributed by atoms with Crippen molar-refractivity contribution >= 4 is 12.4 Å². The van der Waals surface area contributed by atoms with Crippen molar-refractivity contribution in [2.24, 2.45) is 5.73 Å². The van der Waals surface area contributed by atoms with E-state index in [1.807, 2.05) is 0 Å². The van der Waals surface area contributed by atoms with Gasteiger partial charge in [-0.1, -0.05) is 0 Å². The summed E-state index contributed by atoms with van der Waals surface area (Å²) in [6, 6.07) is -2.02. The van der Waals surface area contributed by atoms with E-state index >= 15 is 0 Å². The Balaban J connectivity index is 0.00000441. The third-order valence-corrected chi connectivity index (χ3v) is 2.54. The van der Waals surface area contributed by atoms with Crippen LogP contribution in [0.15, 0.2) is 18.2 Å². The third kappa shape index (κ3) is 5.56. The van der Waals surface area contributed by atoms with Gasteiger partial charge in [0.1, 0.15) is 0 Å². The lowest BCUT2D eigenvalue weighted by atomic mass is 9.95. The molecule has 0 radical (unpaired) electrons. The molecular weight excluding hydrogens is 353 g/mol. The predicted octanol–water partition coefficient (Wildman–Crippen LogP) is 5.10. The maximum absolute atomic E-state index is 12.7. The molecule has 0 aliphatic heterocycles. The molecule has 0 saturated heterocycles. The Morgan fingerprint density at radius 1 is 0.864 bits per heavy atom. The summed E-state index contributed by atoms with van der Waals surface area (Å²) in [5.74, 6) is 0. The highest BCUT2D eigenvalue weighted by molar-refractivity contribution is 5.85. The molecule has 2 N–H and O–H groups in total. The van der Waals surface area contributed by atoms with Crippen molar-refractivity contribution < 1.29 is 39.5 Å². The van der Waals surface area contributed by atoms with Crippen molar-refractivity contribution in [3.8, 4) is 0 Å². The van der Waals surface area contributed by atoms with Gasteiger partial charge in [-0.15, -0.1) is 12.4 Å². The zero-order valence-electron chi connectivity index (χ0n) is 10.4. The van der Waals surface area contributed by atoms with Gasteiger partial charge in [0.2, 0.25) is 0 Å². The maximum Gasteiger partial charge on any atom is 0.416 e. The first kappa shape index (κ1) is 20.8. The second-order valence-corrected chi connectivity index (χ2v) is 4.22. The number of halogens is 10. The Labute approximate surface area is 124 Å². The summed E-state index contributed by atoms with van der Waals surface area (Å²) in [5.41, 5.74) is 0.647. The molecule has 0 heterocycles. The monoisotopic (exact) mass is 361 g/mol. The van der Waals surface area contributed by atoms with Crippen molar-refractivity contribution in [2.45, 2.75) is 31.0 Å². The van der Waals surface area contributed by atoms with Gasteiger partial charge in [-0.05, 0) is 23.8 Å². The summed E-state index contributed by atoms with van der Waals surface area (Å²) < 4.78 is 112. The Morgan fingerprint density at radius 3 is 1.73 bits per heavy atom. The minimum Gasteiger partial charge on any atom is -0.324 e. The van der Waals surface area contributed by atoms with Crippen LogP contribution in [-0.2, 0) is 12.4 Å².